The minimum atomic E-state index is -1.30. The average Bonchev–Trinajstić information content (AvgIpc) is 2.46. The molecule has 25 heavy (non-hydrogen) atoms. The molecule has 6 heteroatoms. The molecule has 0 aliphatic rings. The summed E-state index contributed by atoms with van der Waals surface area (Å²) >= 11 is 0. The minimum Gasteiger partial charge on any atom is -0.550 e. The second-order valence-corrected chi connectivity index (χ2v) is 7.14. The molecule has 136 valence electrons. The van der Waals surface area contributed by atoms with E-state index in [1.165, 1.54) is 32.1 Å². The monoisotopic (exact) mass is 372 g/mol. The third-order valence-electron chi connectivity index (χ3n) is 4.55. The van der Waals surface area contributed by atoms with E-state index in [0.717, 1.165) is 32.1 Å². The van der Waals surface area contributed by atoms with Crippen molar-refractivity contribution in [1.29, 1.82) is 0 Å². The van der Waals surface area contributed by atoms with Crippen LogP contribution in [0.15, 0.2) is 0 Å². The predicted octanol–water partition coefficient (Wildman–Crippen LogP) is -3.31. The second-order valence-electron chi connectivity index (χ2n) is 7.14. The molecule has 2 atom stereocenters. The van der Waals surface area contributed by atoms with Crippen LogP contribution in [0.3, 0.4) is 0 Å². The van der Waals surface area contributed by atoms with Crippen LogP contribution in [0.25, 0.3) is 0 Å². The number of carbonyl (C=O) groups is 2. The molecule has 0 heterocycles. The number of rotatable bonds is 15. The molecule has 4 nitrogen and oxygen atoms in total. The maximum atomic E-state index is 11.3. The third-order valence-corrected chi connectivity index (χ3v) is 4.55. The molecule has 0 aromatic heterocycles. The molecule has 0 spiro atoms. The Morgan fingerprint density at radius 2 is 1.32 bits per heavy atom. The van der Waals surface area contributed by atoms with Gasteiger partial charge >= 0.3 is 59.1 Å². The largest absolute Gasteiger partial charge is 1.00 e. The number of carboxylic acid groups (broad SMARTS) is 2. The number of hydrogen-bond donors (Lipinski definition) is 0. The van der Waals surface area contributed by atoms with Gasteiger partial charge in [-0.05, 0) is 31.1 Å². The van der Waals surface area contributed by atoms with E-state index in [1.54, 1.807) is 0 Å². The SMILES string of the molecule is CCCCCCCCCC(CCC(C)C)C(CC(=O)[O-])C(=O)[O-].[Na+].[Na+]. The van der Waals surface area contributed by atoms with Crippen LogP contribution < -0.4 is 69.3 Å². The van der Waals surface area contributed by atoms with Crippen LogP contribution >= 0.6 is 0 Å². The van der Waals surface area contributed by atoms with Gasteiger partial charge < -0.3 is 19.8 Å². The zero-order valence-corrected chi connectivity index (χ0v) is 21.1. The standard InChI is InChI=1S/C19H36O4.2Na/c1-4-5-6-7-8-9-10-11-16(13-12-15(2)3)17(19(22)23)14-18(20)21;;/h15-17H,4-14H2,1-3H3,(H,20,21)(H,22,23);;/q;2*+1/p-2. The minimum absolute atomic E-state index is 0. The predicted molar refractivity (Wildman–Crippen MR) is 88.3 cm³/mol. The van der Waals surface area contributed by atoms with Crippen LogP contribution in [0.2, 0.25) is 0 Å². The molecule has 0 saturated heterocycles. The summed E-state index contributed by atoms with van der Waals surface area (Å²) in [7, 11) is 0. The Labute approximate surface area is 198 Å². The molecule has 0 rings (SSSR count). The van der Waals surface area contributed by atoms with Crippen molar-refractivity contribution in [3.8, 4) is 0 Å². The molecule has 0 fully saturated rings. The Morgan fingerprint density at radius 3 is 1.76 bits per heavy atom. The summed E-state index contributed by atoms with van der Waals surface area (Å²) in [6, 6.07) is 0. The molecule has 0 aliphatic heterocycles. The molecular weight excluding hydrogens is 338 g/mol. The summed E-state index contributed by atoms with van der Waals surface area (Å²) in [5.41, 5.74) is 0. The first kappa shape index (κ1) is 30.7. The number of hydrogen-bond acceptors (Lipinski definition) is 4. The van der Waals surface area contributed by atoms with Crippen molar-refractivity contribution in [1.82, 2.24) is 0 Å². The smallest absolute Gasteiger partial charge is 0.550 e. The summed E-state index contributed by atoms with van der Waals surface area (Å²) in [5, 5.41) is 22.2. The fourth-order valence-corrected chi connectivity index (χ4v) is 3.08. The van der Waals surface area contributed by atoms with E-state index < -0.39 is 24.3 Å². The van der Waals surface area contributed by atoms with E-state index >= 15 is 0 Å². The van der Waals surface area contributed by atoms with Gasteiger partial charge in [-0.25, -0.2) is 0 Å². The van der Waals surface area contributed by atoms with Gasteiger partial charge in [0.25, 0.3) is 0 Å². The van der Waals surface area contributed by atoms with Crippen LogP contribution in [0, 0.1) is 17.8 Å². The van der Waals surface area contributed by atoms with Gasteiger partial charge in [-0.2, -0.15) is 0 Å². The average molecular weight is 372 g/mol. The number of carboxylic acids is 2. The summed E-state index contributed by atoms with van der Waals surface area (Å²) < 4.78 is 0. The normalized spacial score (nSPS) is 12.8. The molecule has 0 amide bonds. The van der Waals surface area contributed by atoms with Gasteiger partial charge in [0.1, 0.15) is 0 Å². The Bertz CT molecular complexity index is 335. The van der Waals surface area contributed by atoms with E-state index in [-0.39, 0.29) is 65.0 Å². The van der Waals surface area contributed by atoms with Crippen molar-refractivity contribution in [3.05, 3.63) is 0 Å². The van der Waals surface area contributed by atoms with Crippen LogP contribution in [0.1, 0.15) is 91.4 Å². The molecule has 0 aromatic carbocycles. The number of unbranched alkanes of at least 4 members (excludes halogenated alkanes) is 6. The van der Waals surface area contributed by atoms with Gasteiger partial charge in [0.2, 0.25) is 0 Å². The maximum absolute atomic E-state index is 11.3. The van der Waals surface area contributed by atoms with E-state index in [4.69, 9.17) is 0 Å². The zero-order chi connectivity index (χ0) is 17.7. The van der Waals surface area contributed by atoms with Crippen LogP contribution in [0.5, 0.6) is 0 Å². The van der Waals surface area contributed by atoms with Gasteiger partial charge in [-0.1, -0.05) is 72.1 Å². The van der Waals surface area contributed by atoms with E-state index in [2.05, 4.69) is 20.8 Å². The van der Waals surface area contributed by atoms with Gasteiger partial charge in [0, 0.05) is 17.9 Å². The Morgan fingerprint density at radius 1 is 0.800 bits per heavy atom. The Kier molecular flexibility index (Phi) is 24.2. The van der Waals surface area contributed by atoms with Gasteiger partial charge in [-0.3, -0.25) is 0 Å². The zero-order valence-electron chi connectivity index (χ0n) is 17.1. The number of aliphatic carboxylic acids is 2. The van der Waals surface area contributed by atoms with Gasteiger partial charge in [0.05, 0.1) is 0 Å². The molecule has 0 radical (unpaired) electrons. The molecule has 0 aromatic rings. The maximum Gasteiger partial charge on any atom is 1.00 e. The van der Waals surface area contributed by atoms with E-state index in [0.29, 0.717) is 5.92 Å². The summed E-state index contributed by atoms with van der Waals surface area (Å²) in [4.78, 5) is 22.2. The summed E-state index contributed by atoms with van der Waals surface area (Å²) in [5.74, 6) is -3.09. The Hall–Kier alpha value is 0.940. The molecule has 0 saturated carbocycles. The Balaban J connectivity index is -0.00000242. The van der Waals surface area contributed by atoms with Crippen molar-refractivity contribution in [2.45, 2.75) is 91.4 Å². The molecule has 2 unspecified atom stereocenters. The van der Waals surface area contributed by atoms with Crippen molar-refractivity contribution in [3.63, 3.8) is 0 Å². The van der Waals surface area contributed by atoms with E-state index in [1.807, 2.05) is 0 Å². The van der Waals surface area contributed by atoms with Crippen LogP contribution in [-0.2, 0) is 9.59 Å². The molecule has 0 N–H and O–H groups in total. The van der Waals surface area contributed by atoms with Crippen LogP contribution in [0.4, 0.5) is 0 Å². The fourth-order valence-electron chi connectivity index (χ4n) is 3.08. The first-order valence-corrected chi connectivity index (χ1v) is 9.29. The number of carbonyl (C=O) groups excluding carboxylic acids is 2. The summed E-state index contributed by atoms with van der Waals surface area (Å²) in [6.45, 7) is 6.38. The van der Waals surface area contributed by atoms with Crippen molar-refractivity contribution < 1.29 is 78.9 Å². The quantitative estimate of drug-likeness (QED) is 0.223. The van der Waals surface area contributed by atoms with Crippen molar-refractivity contribution in [2.75, 3.05) is 0 Å². The second kappa shape index (κ2) is 19.7. The van der Waals surface area contributed by atoms with Crippen molar-refractivity contribution >= 4 is 11.9 Å². The first-order valence-electron chi connectivity index (χ1n) is 9.29. The molecule has 0 aliphatic carbocycles. The summed E-state index contributed by atoms with van der Waals surface area (Å²) in [6.07, 6.45) is 10.2. The van der Waals surface area contributed by atoms with Gasteiger partial charge in [-0.15, -0.1) is 0 Å². The first-order chi connectivity index (χ1) is 10.9. The van der Waals surface area contributed by atoms with Crippen molar-refractivity contribution in [2.24, 2.45) is 17.8 Å². The topological polar surface area (TPSA) is 80.3 Å². The van der Waals surface area contributed by atoms with Gasteiger partial charge in [0.15, 0.2) is 0 Å². The fraction of sp³-hybridized carbons (Fsp3) is 0.895. The third kappa shape index (κ3) is 18.1. The molecule has 0 bridgehead atoms. The van der Waals surface area contributed by atoms with Crippen LogP contribution in [-0.4, -0.2) is 11.9 Å². The van der Waals surface area contributed by atoms with E-state index in [9.17, 15) is 19.8 Å². The molecular formula is C19H34Na2O4.